The molecular weight excluding hydrogens is 320 g/mol. The Balaban J connectivity index is 1.75. The number of pyridine rings is 1. The molecule has 0 spiro atoms. The van der Waals surface area contributed by atoms with E-state index in [1.807, 2.05) is 18.3 Å². The Labute approximate surface area is 126 Å². The van der Waals surface area contributed by atoms with E-state index in [0.29, 0.717) is 0 Å². The van der Waals surface area contributed by atoms with E-state index in [2.05, 4.69) is 50.5 Å². The first-order chi connectivity index (χ1) is 9.31. The van der Waals surface area contributed by atoms with Crippen molar-refractivity contribution in [3.63, 3.8) is 0 Å². The molecule has 0 atom stereocenters. The monoisotopic (exact) mass is 334 g/mol. The summed E-state index contributed by atoms with van der Waals surface area (Å²) in [6, 6.07) is 13.2. The third-order valence-electron chi connectivity index (χ3n) is 3.02. The van der Waals surface area contributed by atoms with Crippen LogP contribution in [0.25, 0.3) is 0 Å². The van der Waals surface area contributed by atoms with E-state index >= 15 is 0 Å². The van der Waals surface area contributed by atoms with Crippen LogP contribution in [0, 0.1) is 0 Å². The quantitative estimate of drug-likeness (QED) is 0.884. The number of rotatable bonds is 5. The van der Waals surface area contributed by atoms with Crippen LogP contribution in [0.4, 0.5) is 0 Å². The molecule has 3 rings (SSSR count). The molecule has 1 heterocycles. The lowest BCUT2D eigenvalue weighted by Crippen LogP contribution is -2.16. The summed E-state index contributed by atoms with van der Waals surface area (Å²) in [5.41, 5.74) is 1.28. The Morgan fingerprint density at radius 1 is 1.26 bits per heavy atom. The van der Waals surface area contributed by atoms with E-state index in [0.717, 1.165) is 22.1 Å². The summed E-state index contributed by atoms with van der Waals surface area (Å²) >= 11 is 5.23. The van der Waals surface area contributed by atoms with E-state index in [4.69, 9.17) is 0 Å². The Bertz CT molecular complexity index is 570. The second kappa shape index (κ2) is 6.07. The summed E-state index contributed by atoms with van der Waals surface area (Å²) in [5, 5.41) is 4.64. The van der Waals surface area contributed by atoms with Crippen LogP contribution in [0.15, 0.2) is 57.0 Å². The summed E-state index contributed by atoms with van der Waals surface area (Å²) in [4.78, 5) is 5.72. The molecule has 0 radical (unpaired) electrons. The van der Waals surface area contributed by atoms with Gasteiger partial charge in [-0.25, -0.2) is 4.98 Å². The van der Waals surface area contributed by atoms with Crippen molar-refractivity contribution in [1.82, 2.24) is 10.3 Å². The smallest absolute Gasteiger partial charge is 0.105 e. The van der Waals surface area contributed by atoms with Crippen molar-refractivity contribution in [2.75, 3.05) is 0 Å². The molecule has 98 valence electrons. The van der Waals surface area contributed by atoms with E-state index in [9.17, 15) is 0 Å². The van der Waals surface area contributed by atoms with Crippen LogP contribution in [-0.4, -0.2) is 11.0 Å². The predicted octanol–water partition coefficient (Wildman–Crippen LogP) is 4.25. The van der Waals surface area contributed by atoms with Gasteiger partial charge in [0.25, 0.3) is 0 Å². The Morgan fingerprint density at radius 2 is 2.16 bits per heavy atom. The van der Waals surface area contributed by atoms with E-state index in [1.165, 1.54) is 23.3 Å². The van der Waals surface area contributed by atoms with Crippen molar-refractivity contribution >= 4 is 27.7 Å². The van der Waals surface area contributed by atoms with Gasteiger partial charge in [-0.05, 0) is 42.7 Å². The highest BCUT2D eigenvalue weighted by Gasteiger charge is 2.20. The van der Waals surface area contributed by atoms with Gasteiger partial charge < -0.3 is 5.32 Å². The lowest BCUT2D eigenvalue weighted by Gasteiger charge is -2.09. The van der Waals surface area contributed by atoms with Crippen LogP contribution in [0.2, 0.25) is 0 Å². The normalized spacial score (nSPS) is 14.6. The van der Waals surface area contributed by atoms with Gasteiger partial charge in [0, 0.05) is 28.2 Å². The van der Waals surface area contributed by atoms with E-state index < -0.39 is 0 Å². The molecule has 4 heteroatoms. The number of benzene rings is 1. The summed E-state index contributed by atoms with van der Waals surface area (Å²) in [5.74, 6) is 0. The number of nitrogens with one attached hydrogen (secondary N) is 1. The van der Waals surface area contributed by atoms with E-state index in [-0.39, 0.29) is 0 Å². The van der Waals surface area contributed by atoms with Gasteiger partial charge in [-0.2, -0.15) is 0 Å². The summed E-state index contributed by atoms with van der Waals surface area (Å²) < 4.78 is 1.10. The van der Waals surface area contributed by atoms with E-state index in [1.54, 1.807) is 11.8 Å². The number of aromatic nitrogens is 1. The zero-order valence-electron chi connectivity index (χ0n) is 10.5. The Morgan fingerprint density at radius 3 is 2.95 bits per heavy atom. The maximum absolute atomic E-state index is 4.51. The first kappa shape index (κ1) is 13.2. The Kier molecular flexibility index (Phi) is 4.21. The van der Waals surface area contributed by atoms with Gasteiger partial charge >= 0.3 is 0 Å². The summed E-state index contributed by atoms with van der Waals surface area (Å²) in [6.45, 7) is 0.912. The van der Waals surface area contributed by atoms with Crippen molar-refractivity contribution in [2.45, 2.75) is 35.3 Å². The zero-order valence-corrected chi connectivity index (χ0v) is 12.9. The predicted molar refractivity (Wildman–Crippen MR) is 82.4 cm³/mol. The zero-order chi connectivity index (χ0) is 13.1. The molecule has 0 saturated heterocycles. The highest BCUT2D eigenvalue weighted by atomic mass is 79.9. The standard InChI is InChI=1S/C15H15BrN2S/c16-12-4-1-5-14(9-12)19-15-11(3-2-8-17-15)10-18-13-6-7-13/h1-5,8-9,13,18H,6-7,10H2. The second-order valence-corrected chi connectivity index (χ2v) is 6.66. The number of hydrogen-bond acceptors (Lipinski definition) is 3. The van der Waals surface area contributed by atoms with Gasteiger partial charge in [0.05, 0.1) is 0 Å². The molecule has 0 amide bonds. The molecule has 0 bridgehead atoms. The maximum Gasteiger partial charge on any atom is 0.105 e. The van der Waals surface area contributed by atoms with Crippen LogP contribution in [0.1, 0.15) is 18.4 Å². The molecule has 19 heavy (non-hydrogen) atoms. The van der Waals surface area contributed by atoms with Crippen molar-refractivity contribution in [2.24, 2.45) is 0 Å². The largest absolute Gasteiger partial charge is 0.310 e. The fourth-order valence-corrected chi connectivity index (χ4v) is 3.33. The molecule has 1 aliphatic carbocycles. The average Bonchev–Trinajstić information content (AvgIpc) is 3.22. The number of nitrogens with zero attached hydrogens (tertiary/aromatic N) is 1. The van der Waals surface area contributed by atoms with Gasteiger partial charge in [-0.1, -0.05) is 39.8 Å². The van der Waals surface area contributed by atoms with Gasteiger partial charge in [-0.15, -0.1) is 0 Å². The molecule has 1 N–H and O–H groups in total. The highest BCUT2D eigenvalue weighted by molar-refractivity contribution is 9.10. The third-order valence-corrected chi connectivity index (χ3v) is 4.56. The summed E-state index contributed by atoms with van der Waals surface area (Å²) in [6.07, 6.45) is 4.49. The summed E-state index contributed by atoms with van der Waals surface area (Å²) in [7, 11) is 0. The van der Waals surface area contributed by atoms with Crippen LogP contribution in [-0.2, 0) is 6.54 Å². The average molecular weight is 335 g/mol. The van der Waals surface area contributed by atoms with Crippen molar-refractivity contribution in [3.8, 4) is 0 Å². The molecule has 1 aromatic heterocycles. The molecule has 0 aliphatic heterocycles. The van der Waals surface area contributed by atoms with Gasteiger partial charge in [0.2, 0.25) is 0 Å². The molecular formula is C15H15BrN2S. The van der Waals surface area contributed by atoms with Crippen molar-refractivity contribution in [3.05, 3.63) is 52.6 Å². The third kappa shape index (κ3) is 3.81. The fraction of sp³-hybridized carbons (Fsp3) is 0.267. The van der Waals surface area contributed by atoms with Crippen LogP contribution < -0.4 is 5.32 Å². The SMILES string of the molecule is Brc1cccc(Sc2ncccc2CNC2CC2)c1. The highest BCUT2D eigenvalue weighted by Crippen LogP contribution is 2.30. The molecule has 1 saturated carbocycles. The van der Waals surface area contributed by atoms with Gasteiger partial charge in [0.15, 0.2) is 0 Å². The van der Waals surface area contributed by atoms with Crippen LogP contribution in [0.3, 0.4) is 0 Å². The molecule has 1 aromatic carbocycles. The minimum absolute atomic E-state index is 0.726. The van der Waals surface area contributed by atoms with Gasteiger partial charge in [-0.3, -0.25) is 0 Å². The second-order valence-electron chi connectivity index (χ2n) is 4.68. The van der Waals surface area contributed by atoms with Crippen molar-refractivity contribution in [1.29, 1.82) is 0 Å². The first-order valence-corrected chi connectivity index (χ1v) is 8.03. The fourth-order valence-electron chi connectivity index (χ4n) is 1.83. The molecule has 1 fully saturated rings. The topological polar surface area (TPSA) is 24.9 Å². The molecule has 2 aromatic rings. The molecule has 1 aliphatic rings. The minimum atomic E-state index is 0.726. The molecule has 2 nitrogen and oxygen atoms in total. The lowest BCUT2D eigenvalue weighted by atomic mass is 10.3. The number of halogens is 1. The van der Waals surface area contributed by atoms with Crippen molar-refractivity contribution < 1.29 is 0 Å². The minimum Gasteiger partial charge on any atom is -0.310 e. The number of hydrogen-bond donors (Lipinski definition) is 1. The molecule has 0 unspecified atom stereocenters. The Hall–Kier alpha value is -0.840. The maximum atomic E-state index is 4.51. The lowest BCUT2D eigenvalue weighted by molar-refractivity contribution is 0.675. The van der Waals surface area contributed by atoms with Crippen LogP contribution >= 0.6 is 27.7 Å². The first-order valence-electron chi connectivity index (χ1n) is 6.42. The van der Waals surface area contributed by atoms with Crippen LogP contribution in [0.5, 0.6) is 0 Å². The van der Waals surface area contributed by atoms with Gasteiger partial charge in [0.1, 0.15) is 5.03 Å².